The molecule has 0 fully saturated rings. The Bertz CT molecular complexity index is 212. The molecule has 0 heterocycles. The number of rotatable bonds is 3. The van der Waals surface area contributed by atoms with Crippen LogP contribution in [0.4, 0.5) is 0 Å². The first-order valence-electron chi connectivity index (χ1n) is 4.02. The molecule has 13 heavy (non-hydrogen) atoms. The van der Waals surface area contributed by atoms with E-state index in [0.717, 1.165) is 0 Å². The Hall–Kier alpha value is -1.39. The predicted octanol–water partition coefficient (Wildman–Crippen LogP) is 0.496. The third-order valence-electron chi connectivity index (χ3n) is 1.30. The first-order valence-corrected chi connectivity index (χ1v) is 4.02. The third kappa shape index (κ3) is 3.68. The van der Waals surface area contributed by atoms with Crippen LogP contribution in [0.5, 0.6) is 0 Å². The second-order valence-electron chi connectivity index (χ2n) is 2.74. The van der Waals surface area contributed by atoms with Crippen molar-refractivity contribution in [1.82, 2.24) is 5.06 Å². The zero-order valence-electron chi connectivity index (χ0n) is 7.94. The molecule has 0 N–H and O–H groups in total. The summed E-state index contributed by atoms with van der Waals surface area (Å²) in [7, 11) is 0. The Labute approximate surface area is 76.6 Å². The number of amides is 2. The standard InChI is InChI=1S/C8H13NO4/c1-4-7(11)9(5-10)13-8(12)6(2)3/h5-6H,4H2,1-3H3. The molecule has 0 aliphatic heterocycles. The van der Waals surface area contributed by atoms with Gasteiger partial charge in [0.25, 0.3) is 12.3 Å². The molecule has 0 bridgehead atoms. The summed E-state index contributed by atoms with van der Waals surface area (Å²) in [6.45, 7) is 4.80. The Morgan fingerprint density at radius 2 is 2.00 bits per heavy atom. The van der Waals surface area contributed by atoms with E-state index in [9.17, 15) is 14.4 Å². The van der Waals surface area contributed by atoms with Gasteiger partial charge in [-0.05, 0) is 0 Å². The van der Waals surface area contributed by atoms with Crippen LogP contribution in [0.3, 0.4) is 0 Å². The highest BCUT2D eigenvalue weighted by molar-refractivity contribution is 5.86. The van der Waals surface area contributed by atoms with E-state index in [4.69, 9.17) is 0 Å². The SMILES string of the molecule is CCC(=O)N(C=O)OC(=O)C(C)C. The molecule has 5 nitrogen and oxygen atoms in total. The monoisotopic (exact) mass is 187 g/mol. The maximum atomic E-state index is 11.0. The van der Waals surface area contributed by atoms with Gasteiger partial charge in [-0.3, -0.25) is 9.59 Å². The van der Waals surface area contributed by atoms with E-state index >= 15 is 0 Å². The van der Waals surface area contributed by atoms with E-state index in [2.05, 4.69) is 4.84 Å². The molecule has 0 atom stereocenters. The molecular formula is C8H13NO4. The van der Waals surface area contributed by atoms with Crippen LogP contribution >= 0.6 is 0 Å². The Balaban J connectivity index is 4.21. The van der Waals surface area contributed by atoms with Gasteiger partial charge in [-0.1, -0.05) is 20.8 Å². The van der Waals surface area contributed by atoms with Crippen molar-refractivity contribution in [3.05, 3.63) is 0 Å². The number of hydrogen-bond donors (Lipinski definition) is 0. The summed E-state index contributed by atoms with van der Waals surface area (Å²) < 4.78 is 0. The lowest BCUT2D eigenvalue weighted by Crippen LogP contribution is -2.33. The van der Waals surface area contributed by atoms with Crippen LogP contribution in [0, 0.1) is 5.92 Å². The minimum atomic E-state index is -0.603. The second-order valence-corrected chi connectivity index (χ2v) is 2.74. The first kappa shape index (κ1) is 11.6. The topological polar surface area (TPSA) is 63.7 Å². The molecule has 0 aromatic carbocycles. The minimum absolute atomic E-state index is 0.115. The fraction of sp³-hybridized carbons (Fsp3) is 0.625. The van der Waals surface area contributed by atoms with E-state index < -0.39 is 11.9 Å². The van der Waals surface area contributed by atoms with Crippen LogP contribution in [0.2, 0.25) is 0 Å². The molecule has 0 radical (unpaired) electrons. The van der Waals surface area contributed by atoms with Gasteiger partial charge in [-0.2, -0.15) is 0 Å². The molecule has 0 unspecified atom stereocenters. The van der Waals surface area contributed by atoms with Crippen molar-refractivity contribution in [2.24, 2.45) is 5.92 Å². The van der Waals surface area contributed by atoms with Gasteiger partial charge in [0, 0.05) is 6.42 Å². The lowest BCUT2D eigenvalue weighted by molar-refractivity contribution is -0.198. The number of imide groups is 1. The van der Waals surface area contributed by atoms with Gasteiger partial charge in [-0.25, -0.2) is 4.79 Å². The first-order chi connectivity index (χ1) is 6.02. The van der Waals surface area contributed by atoms with E-state index in [1.54, 1.807) is 20.8 Å². The van der Waals surface area contributed by atoms with Crippen LogP contribution in [0.15, 0.2) is 0 Å². The smallest absolute Gasteiger partial charge is 0.330 e. The van der Waals surface area contributed by atoms with E-state index in [-0.39, 0.29) is 18.7 Å². The molecular weight excluding hydrogens is 174 g/mol. The summed E-state index contributed by atoms with van der Waals surface area (Å²) >= 11 is 0. The highest BCUT2D eigenvalue weighted by Crippen LogP contribution is 2.00. The van der Waals surface area contributed by atoms with Crippen molar-refractivity contribution >= 4 is 18.3 Å². The van der Waals surface area contributed by atoms with Crippen LogP contribution in [0.1, 0.15) is 27.2 Å². The molecule has 0 aliphatic carbocycles. The van der Waals surface area contributed by atoms with Gasteiger partial charge in [0.05, 0.1) is 5.92 Å². The fourth-order valence-electron chi connectivity index (χ4n) is 0.489. The molecule has 0 aliphatic rings. The van der Waals surface area contributed by atoms with Gasteiger partial charge >= 0.3 is 5.97 Å². The summed E-state index contributed by atoms with van der Waals surface area (Å²) in [6, 6.07) is 0. The Morgan fingerprint density at radius 3 is 2.31 bits per heavy atom. The normalized spacial score (nSPS) is 9.54. The van der Waals surface area contributed by atoms with Crippen molar-refractivity contribution in [3.8, 4) is 0 Å². The lowest BCUT2D eigenvalue weighted by Gasteiger charge is -2.14. The largest absolute Gasteiger partial charge is 0.335 e. The molecule has 0 aromatic rings. The molecule has 74 valence electrons. The van der Waals surface area contributed by atoms with Gasteiger partial charge in [0.2, 0.25) is 0 Å². The number of carbonyl (C=O) groups excluding carboxylic acids is 3. The van der Waals surface area contributed by atoms with Crippen LogP contribution in [-0.4, -0.2) is 23.3 Å². The van der Waals surface area contributed by atoms with Crippen LogP contribution in [0.25, 0.3) is 0 Å². The van der Waals surface area contributed by atoms with Gasteiger partial charge in [0.15, 0.2) is 0 Å². The highest BCUT2D eigenvalue weighted by Gasteiger charge is 2.18. The molecule has 0 spiro atoms. The highest BCUT2D eigenvalue weighted by atomic mass is 16.7. The quantitative estimate of drug-likeness (QED) is 0.476. The van der Waals surface area contributed by atoms with Crippen LogP contribution in [-0.2, 0) is 19.2 Å². The van der Waals surface area contributed by atoms with Crippen molar-refractivity contribution in [3.63, 3.8) is 0 Å². The molecule has 0 aromatic heterocycles. The van der Waals surface area contributed by atoms with E-state index in [1.165, 1.54) is 0 Å². The van der Waals surface area contributed by atoms with Crippen LogP contribution < -0.4 is 0 Å². The second kappa shape index (κ2) is 5.29. The summed E-state index contributed by atoms with van der Waals surface area (Å²) in [6.07, 6.45) is 0.302. The Kier molecular flexibility index (Phi) is 4.72. The summed E-state index contributed by atoms with van der Waals surface area (Å²) in [4.78, 5) is 36.7. The summed E-state index contributed by atoms with van der Waals surface area (Å²) in [5.74, 6) is -1.51. The third-order valence-corrected chi connectivity index (χ3v) is 1.30. The van der Waals surface area contributed by atoms with Crippen molar-refractivity contribution in [2.45, 2.75) is 27.2 Å². The molecule has 0 rings (SSSR count). The minimum Gasteiger partial charge on any atom is -0.330 e. The number of carbonyl (C=O) groups is 3. The number of hydrogen-bond acceptors (Lipinski definition) is 4. The predicted molar refractivity (Wildman–Crippen MR) is 44.1 cm³/mol. The zero-order chi connectivity index (χ0) is 10.4. The van der Waals surface area contributed by atoms with E-state index in [1.807, 2.05) is 0 Å². The average Bonchev–Trinajstić information content (AvgIpc) is 2.12. The van der Waals surface area contributed by atoms with Gasteiger partial charge < -0.3 is 4.84 Å². The maximum Gasteiger partial charge on any atom is 0.335 e. The van der Waals surface area contributed by atoms with Crippen molar-refractivity contribution < 1.29 is 19.2 Å². The van der Waals surface area contributed by atoms with E-state index in [0.29, 0.717) is 5.06 Å². The average molecular weight is 187 g/mol. The lowest BCUT2D eigenvalue weighted by atomic mass is 10.2. The maximum absolute atomic E-state index is 11.0. The summed E-state index contributed by atoms with van der Waals surface area (Å²) in [5, 5.41) is 0.419. The number of nitrogens with zero attached hydrogens (tertiary/aromatic N) is 1. The summed E-state index contributed by atoms with van der Waals surface area (Å²) in [5.41, 5.74) is 0. The van der Waals surface area contributed by atoms with Gasteiger partial charge in [0.1, 0.15) is 0 Å². The van der Waals surface area contributed by atoms with Crippen molar-refractivity contribution in [1.29, 1.82) is 0 Å². The van der Waals surface area contributed by atoms with Crippen molar-refractivity contribution in [2.75, 3.05) is 0 Å². The Morgan fingerprint density at radius 1 is 1.46 bits per heavy atom. The molecule has 0 saturated heterocycles. The fourth-order valence-corrected chi connectivity index (χ4v) is 0.489. The zero-order valence-corrected chi connectivity index (χ0v) is 7.94. The molecule has 5 heteroatoms. The molecule has 2 amide bonds. The molecule has 0 saturated carbocycles. The number of hydroxylamine groups is 2. The van der Waals surface area contributed by atoms with Gasteiger partial charge in [-0.15, -0.1) is 5.06 Å².